The number of rotatable bonds is 8. The van der Waals surface area contributed by atoms with Crippen molar-refractivity contribution in [3.05, 3.63) is 92.6 Å². The first-order chi connectivity index (χ1) is 14.5. The number of ether oxygens (including phenoxy) is 2. The van der Waals surface area contributed by atoms with Gasteiger partial charge in [0, 0.05) is 30.7 Å². The molecule has 6 nitrogen and oxygen atoms in total. The molecule has 0 radical (unpaired) electrons. The zero-order valence-electron chi connectivity index (χ0n) is 16.9. The Bertz CT molecular complexity index is 1080. The van der Waals surface area contributed by atoms with E-state index in [1.54, 1.807) is 17.7 Å². The minimum Gasteiger partial charge on any atom is -0.486 e. The normalized spacial score (nSPS) is 10.6. The number of benzene rings is 1. The molecule has 0 saturated carbocycles. The quantitative estimate of drug-likeness (QED) is 0.398. The minimum absolute atomic E-state index is 0.0252. The van der Waals surface area contributed by atoms with Gasteiger partial charge in [0.1, 0.15) is 12.2 Å². The highest BCUT2D eigenvalue weighted by molar-refractivity contribution is 6.30. The molecule has 3 aromatic rings. The summed E-state index contributed by atoms with van der Waals surface area (Å²) in [4.78, 5) is 28.3. The number of carbonyl (C=O) groups is 1. The first kappa shape index (κ1) is 21.6. The van der Waals surface area contributed by atoms with Gasteiger partial charge in [0.05, 0.1) is 6.61 Å². The van der Waals surface area contributed by atoms with Gasteiger partial charge >= 0.3 is 5.97 Å². The Kier molecular flexibility index (Phi) is 7.25. The topological polar surface area (TPSA) is 70.4 Å². The largest absolute Gasteiger partial charge is 0.486 e. The highest BCUT2D eigenvalue weighted by Gasteiger charge is 2.13. The zero-order valence-corrected chi connectivity index (χ0v) is 17.7. The summed E-state index contributed by atoms with van der Waals surface area (Å²) < 4.78 is 12.6. The highest BCUT2D eigenvalue weighted by Crippen LogP contribution is 2.26. The molecule has 0 N–H and O–H groups in total. The molecule has 0 bridgehead atoms. The van der Waals surface area contributed by atoms with Crippen molar-refractivity contribution >= 4 is 17.6 Å². The van der Waals surface area contributed by atoms with E-state index in [9.17, 15) is 9.59 Å². The van der Waals surface area contributed by atoms with E-state index in [0.29, 0.717) is 30.5 Å². The van der Waals surface area contributed by atoms with Gasteiger partial charge in [0.15, 0.2) is 16.3 Å². The highest BCUT2D eigenvalue weighted by atomic mass is 35.5. The monoisotopic (exact) mass is 426 g/mol. The lowest BCUT2D eigenvalue weighted by molar-refractivity contribution is 0.0524. The van der Waals surface area contributed by atoms with Gasteiger partial charge in [-0.15, -0.1) is 0 Å². The van der Waals surface area contributed by atoms with Crippen LogP contribution in [0.25, 0.3) is 0 Å². The second-order valence-electron chi connectivity index (χ2n) is 6.73. The van der Waals surface area contributed by atoms with E-state index >= 15 is 0 Å². The maximum absolute atomic E-state index is 11.9. The lowest BCUT2D eigenvalue weighted by Gasteiger charge is -2.13. The summed E-state index contributed by atoms with van der Waals surface area (Å²) in [5.74, 6) is -0.0916. The van der Waals surface area contributed by atoms with Crippen molar-refractivity contribution in [3.8, 4) is 5.75 Å². The second-order valence-corrected chi connectivity index (χ2v) is 7.09. The summed E-state index contributed by atoms with van der Waals surface area (Å²) in [6, 6.07) is 13.1. The smallest absolute Gasteiger partial charge is 0.343 e. The SMILES string of the molecule is CCOC(=O)c1cn(CCc2cc(OCc3ccccc3)c(Cl)nc2C)ccc1=O. The molecule has 3 rings (SSSR count). The molecule has 2 heterocycles. The van der Waals surface area contributed by atoms with Crippen LogP contribution in [0, 0.1) is 6.92 Å². The molecule has 0 amide bonds. The molecule has 0 aliphatic rings. The summed E-state index contributed by atoms with van der Waals surface area (Å²) in [5.41, 5.74) is 2.48. The van der Waals surface area contributed by atoms with Crippen molar-refractivity contribution in [2.24, 2.45) is 0 Å². The molecule has 1 aromatic carbocycles. The van der Waals surface area contributed by atoms with Crippen LogP contribution in [0.1, 0.15) is 34.1 Å². The van der Waals surface area contributed by atoms with E-state index in [4.69, 9.17) is 21.1 Å². The van der Waals surface area contributed by atoms with Crippen LogP contribution in [0.15, 0.2) is 59.7 Å². The lowest BCUT2D eigenvalue weighted by Crippen LogP contribution is -2.19. The number of hydrogen-bond acceptors (Lipinski definition) is 5. The van der Waals surface area contributed by atoms with Crippen molar-refractivity contribution < 1.29 is 14.3 Å². The lowest BCUT2D eigenvalue weighted by atomic mass is 10.1. The van der Waals surface area contributed by atoms with Gasteiger partial charge < -0.3 is 14.0 Å². The number of aryl methyl sites for hydroxylation is 3. The molecule has 156 valence electrons. The maximum Gasteiger partial charge on any atom is 0.343 e. The Morgan fingerprint density at radius 2 is 1.97 bits per heavy atom. The summed E-state index contributed by atoms with van der Waals surface area (Å²) in [6.07, 6.45) is 3.80. The van der Waals surface area contributed by atoms with Crippen molar-refractivity contribution in [2.45, 2.75) is 33.4 Å². The van der Waals surface area contributed by atoms with Crippen molar-refractivity contribution in [3.63, 3.8) is 0 Å². The molecular formula is C23H23ClN2O4. The van der Waals surface area contributed by atoms with Crippen molar-refractivity contribution in [1.29, 1.82) is 0 Å². The fraction of sp³-hybridized carbons (Fsp3) is 0.261. The fourth-order valence-corrected chi connectivity index (χ4v) is 3.20. The number of esters is 1. The van der Waals surface area contributed by atoms with E-state index in [-0.39, 0.29) is 17.6 Å². The zero-order chi connectivity index (χ0) is 21.5. The first-order valence-electron chi connectivity index (χ1n) is 9.68. The van der Waals surface area contributed by atoms with Gasteiger partial charge in [0.25, 0.3) is 0 Å². The molecule has 30 heavy (non-hydrogen) atoms. The molecule has 0 atom stereocenters. The van der Waals surface area contributed by atoms with Crippen LogP contribution in [0.3, 0.4) is 0 Å². The molecule has 0 saturated heterocycles. The molecule has 0 unspecified atom stereocenters. The number of aromatic nitrogens is 2. The molecule has 0 aliphatic heterocycles. The van der Waals surface area contributed by atoms with Gasteiger partial charge in [-0.25, -0.2) is 9.78 Å². The second kappa shape index (κ2) is 10.1. The molecule has 0 spiro atoms. The Labute approximate surface area is 180 Å². The molecule has 7 heteroatoms. The van der Waals surface area contributed by atoms with Crippen LogP contribution < -0.4 is 10.2 Å². The van der Waals surface area contributed by atoms with Crippen molar-refractivity contribution in [2.75, 3.05) is 6.61 Å². The molecule has 2 aromatic heterocycles. The molecule has 0 aliphatic carbocycles. The number of halogens is 1. The van der Waals surface area contributed by atoms with Crippen molar-refractivity contribution in [1.82, 2.24) is 9.55 Å². The Balaban J connectivity index is 1.73. The predicted molar refractivity (Wildman–Crippen MR) is 115 cm³/mol. The van der Waals surface area contributed by atoms with Crippen LogP contribution in [0.5, 0.6) is 5.75 Å². The number of nitrogens with zero attached hydrogens (tertiary/aromatic N) is 2. The van der Waals surface area contributed by atoms with E-state index in [1.165, 1.54) is 12.3 Å². The third kappa shape index (κ3) is 5.48. The third-order valence-electron chi connectivity index (χ3n) is 4.59. The summed E-state index contributed by atoms with van der Waals surface area (Å²) in [6.45, 7) is 4.75. The van der Waals surface area contributed by atoms with Crippen LogP contribution in [-0.2, 0) is 24.3 Å². The fourth-order valence-electron chi connectivity index (χ4n) is 2.96. The third-order valence-corrected chi connectivity index (χ3v) is 4.86. The van der Waals surface area contributed by atoms with Gasteiger partial charge in [-0.3, -0.25) is 4.79 Å². The summed E-state index contributed by atoms with van der Waals surface area (Å²) in [7, 11) is 0. The maximum atomic E-state index is 11.9. The van der Waals surface area contributed by atoms with E-state index < -0.39 is 5.97 Å². The van der Waals surface area contributed by atoms with Gasteiger partial charge in [-0.05, 0) is 37.5 Å². The average Bonchev–Trinajstić information content (AvgIpc) is 2.74. The van der Waals surface area contributed by atoms with Gasteiger partial charge in [-0.2, -0.15) is 0 Å². The number of pyridine rings is 2. The molecular weight excluding hydrogens is 404 g/mol. The predicted octanol–water partition coefficient (Wildman–Crippen LogP) is 4.20. The average molecular weight is 427 g/mol. The number of carbonyl (C=O) groups excluding carboxylic acids is 1. The van der Waals surface area contributed by atoms with Crippen LogP contribution in [0.4, 0.5) is 0 Å². The molecule has 0 fully saturated rings. The summed E-state index contributed by atoms with van der Waals surface area (Å²) in [5, 5.41) is 0.320. The standard InChI is InChI=1S/C23H23ClN2O4/c1-3-29-23(28)19-14-26(12-10-20(19)27)11-9-18-13-21(22(24)25-16(18)2)30-15-17-7-5-4-6-8-17/h4-8,10,12-14H,3,9,11,15H2,1-2H3. The van der Waals surface area contributed by atoms with E-state index in [2.05, 4.69) is 4.98 Å². The van der Waals surface area contributed by atoms with Crippen LogP contribution >= 0.6 is 11.6 Å². The Hall–Kier alpha value is -3.12. The Morgan fingerprint density at radius 3 is 2.70 bits per heavy atom. The van der Waals surface area contributed by atoms with Crippen LogP contribution in [-0.4, -0.2) is 22.1 Å². The first-order valence-corrected chi connectivity index (χ1v) is 10.1. The minimum atomic E-state index is -0.613. The Morgan fingerprint density at radius 1 is 1.20 bits per heavy atom. The van der Waals surface area contributed by atoms with E-state index in [1.807, 2.05) is 43.3 Å². The summed E-state index contributed by atoms with van der Waals surface area (Å²) >= 11 is 6.26. The van der Waals surface area contributed by atoms with Crippen LogP contribution in [0.2, 0.25) is 5.15 Å². The van der Waals surface area contributed by atoms with Gasteiger partial charge in [0.2, 0.25) is 0 Å². The number of hydrogen-bond donors (Lipinski definition) is 0. The van der Waals surface area contributed by atoms with E-state index in [0.717, 1.165) is 16.8 Å². The van der Waals surface area contributed by atoms with Gasteiger partial charge in [-0.1, -0.05) is 41.9 Å².